The van der Waals surface area contributed by atoms with Crippen LogP contribution in [0.4, 0.5) is 10.8 Å². The number of hydrogen-bond acceptors (Lipinski definition) is 8. The summed E-state index contributed by atoms with van der Waals surface area (Å²) in [5.41, 5.74) is 4.36. The Balaban J connectivity index is 1.31. The summed E-state index contributed by atoms with van der Waals surface area (Å²) in [6.45, 7) is 6.67. The van der Waals surface area contributed by atoms with Gasteiger partial charge in [-0.2, -0.15) is 0 Å². The lowest BCUT2D eigenvalue weighted by Crippen LogP contribution is -2.30. The number of amides is 1. The molecule has 2 aromatic carbocycles. The molecule has 7 nitrogen and oxygen atoms in total. The zero-order valence-corrected chi connectivity index (χ0v) is 18.5. The number of aryl methyl sites for hydroxylation is 1. The lowest BCUT2D eigenvalue weighted by molar-refractivity contribution is -0.120. The molecule has 9 heteroatoms. The molecule has 1 aliphatic heterocycles. The Morgan fingerprint density at radius 1 is 1.20 bits per heavy atom. The van der Waals surface area contributed by atoms with Crippen LogP contribution < -0.4 is 20.1 Å². The van der Waals surface area contributed by atoms with Crippen molar-refractivity contribution in [3.63, 3.8) is 0 Å². The molecule has 2 N–H and O–H groups in total. The minimum absolute atomic E-state index is 0.0584. The molecule has 0 radical (unpaired) electrons. The Bertz CT molecular complexity index is 1070. The Kier molecular flexibility index (Phi) is 6.10. The summed E-state index contributed by atoms with van der Waals surface area (Å²) in [5, 5.41) is 15.1. The zero-order valence-electron chi connectivity index (χ0n) is 16.9. The number of rotatable bonds is 7. The minimum atomic E-state index is -0.291. The summed E-state index contributed by atoms with van der Waals surface area (Å²) in [4.78, 5) is 12.5. The van der Waals surface area contributed by atoms with E-state index in [-0.39, 0.29) is 18.0 Å². The second-order valence-corrected chi connectivity index (χ2v) is 9.48. The summed E-state index contributed by atoms with van der Waals surface area (Å²) in [7, 11) is 0. The highest BCUT2D eigenvalue weighted by Gasteiger charge is 2.18. The van der Waals surface area contributed by atoms with Crippen molar-refractivity contribution in [2.45, 2.75) is 36.9 Å². The third kappa shape index (κ3) is 4.68. The molecule has 1 aromatic heterocycles. The molecule has 0 saturated carbocycles. The van der Waals surface area contributed by atoms with Gasteiger partial charge in [-0.15, -0.1) is 10.2 Å². The fourth-order valence-electron chi connectivity index (χ4n) is 2.90. The number of anilines is 2. The van der Waals surface area contributed by atoms with E-state index in [1.165, 1.54) is 34.2 Å². The molecule has 0 aliphatic carbocycles. The van der Waals surface area contributed by atoms with Gasteiger partial charge in [-0.05, 0) is 55.7 Å². The first-order valence-electron chi connectivity index (χ1n) is 9.49. The molecule has 0 saturated heterocycles. The highest BCUT2D eigenvalue weighted by Crippen LogP contribution is 2.33. The maximum Gasteiger partial charge on any atom is 0.233 e. The molecule has 1 amide bonds. The molecule has 0 fully saturated rings. The Labute approximate surface area is 183 Å². The van der Waals surface area contributed by atoms with E-state index in [0.717, 1.165) is 21.3 Å². The quantitative estimate of drug-likeness (QED) is 0.524. The van der Waals surface area contributed by atoms with Gasteiger partial charge in [-0.25, -0.2) is 0 Å². The number of benzene rings is 2. The fourth-order valence-corrected chi connectivity index (χ4v) is 4.83. The average Bonchev–Trinajstić information content (AvgIpc) is 3.38. The first-order valence-corrected chi connectivity index (χ1v) is 11.2. The van der Waals surface area contributed by atoms with Gasteiger partial charge in [0.15, 0.2) is 15.8 Å². The monoisotopic (exact) mass is 442 g/mol. The number of carbonyl (C=O) groups excluding carboxylic acids is 1. The second-order valence-electron chi connectivity index (χ2n) is 6.91. The first kappa shape index (κ1) is 20.5. The van der Waals surface area contributed by atoms with Crippen LogP contribution in [0.3, 0.4) is 0 Å². The molecule has 1 atom stereocenters. The van der Waals surface area contributed by atoms with Gasteiger partial charge in [0.05, 0.1) is 5.25 Å². The van der Waals surface area contributed by atoms with Crippen LogP contribution in [0.2, 0.25) is 0 Å². The van der Waals surface area contributed by atoms with E-state index in [0.29, 0.717) is 17.4 Å². The zero-order chi connectivity index (χ0) is 21.1. The van der Waals surface area contributed by atoms with Gasteiger partial charge in [-0.1, -0.05) is 41.3 Å². The molecule has 0 bridgehead atoms. The van der Waals surface area contributed by atoms with Crippen molar-refractivity contribution in [3.8, 4) is 11.5 Å². The number of ether oxygens (including phenoxy) is 2. The van der Waals surface area contributed by atoms with E-state index in [1.807, 2.05) is 37.3 Å². The molecular weight excluding hydrogens is 420 g/mol. The third-order valence-corrected chi connectivity index (χ3v) is 6.83. The summed E-state index contributed by atoms with van der Waals surface area (Å²) in [6.07, 6.45) is 0. The van der Waals surface area contributed by atoms with E-state index in [1.54, 1.807) is 0 Å². The predicted molar refractivity (Wildman–Crippen MR) is 119 cm³/mol. The third-order valence-electron chi connectivity index (χ3n) is 4.80. The molecule has 4 rings (SSSR count). The lowest BCUT2D eigenvalue weighted by Gasteiger charge is -2.10. The summed E-state index contributed by atoms with van der Waals surface area (Å²) >= 11 is 2.83. The van der Waals surface area contributed by atoms with Crippen molar-refractivity contribution >= 4 is 39.8 Å². The van der Waals surface area contributed by atoms with Crippen molar-refractivity contribution in [1.82, 2.24) is 15.5 Å². The van der Waals surface area contributed by atoms with Gasteiger partial charge in [0, 0.05) is 12.2 Å². The fraction of sp³-hybridized carbons (Fsp3) is 0.286. The summed E-state index contributed by atoms with van der Waals surface area (Å²) in [6, 6.07) is 11.8. The van der Waals surface area contributed by atoms with Gasteiger partial charge < -0.3 is 20.1 Å². The minimum Gasteiger partial charge on any atom is -0.454 e. The summed E-state index contributed by atoms with van der Waals surface area (Å²) in [5.74, 6) is 1.38. The van der Waals surface area contributed by atoms with E-state index >= 15 is 0 Å². The van der Waals surface area contributed by atoms with Crippen LogP contribution in [0.5, 0.6) is 11.5 Å². The van der Waals surface area contributed by atoms with Crippen LogP contribution in [0.25, 0.3) is 0 Å². The number of hydrogen-bond donors (Lipinski definition) is 2. The van der Waals surface area contributed by atoms with E-state index in [4.69, 9.17) is 9.47 Å². The van der Waals surface area contributed by atoms with Crippen molar-refractivity contribution in [2.24, 2.45) is 0 Å². The Morgan fingerprint density at radius 2 is 2.03 bits per heavy atom. The molecular formula is C21H22N4O3S2. The molecule has 30 heavy (non-hydrogen) atoms. The molecule has 1 unspecified atom stereocenters. The average molecular weight is 443 g/mol. The maximum atomic E-state index is 12.5. The molecule has 3 aromatic rings. The molecule has 2 heterocycles. The van der Waals surface area contributed by atoms with Crippen LogP contribution >= 0.6 is 23.1 Å². The van der Waals surface area contributed by atoms with Gasteiger partial charge in [0.2, 0.25) is 17.8 Å². The Morgan fingerprint density at radius 3 is 2.90 bits per heavy atom. The Hall–Kier alpha value is -2.78. The standard InChI is InChI=1S/C21H22N4O3S2/c1-12-5-4-6-16(13(12)2)23-20-24-25-21(30-20)29-14(3)19(26)22-10-15-7-8-17-18(9-15)28-11-27-17/h4-9,14H,10-11H2,1-3H3,(H,22,26)(H,23,24). The van der Waals surface area contributed by atoms with Gasteiger partial charge in [-0.3, -0.25) is 4.79 Å². The predicted octanol–water partition coefficient (Wildman–Crippen LogP) is 4.42. The molecule has 0 spiro atoms. The van der Waals surface area contributed by atoms with Gasteiger partial charge in [0.1, 0.15) is 0 Å². The van der Waals surface area contributed by atoms with Crippen molar-refractivity contribution in [3.05, 3.63) is 53.1 Å². The van der Waals surface area contributed by atoms with Crippen LogP contribution in [-0.2, 0) is 11.3 Å². The number of nitrogens with zero attached hydrogens (tertiary/aromatic N) is 2. The molecule has 1 aliphatic rings. The van der Waals surface area contributed by atoms with Crippen LogP contribution in [0.15, 0.2) is 40.7 Å². The van der Waals surface area contributed by atoms with Crippen molar-refractivity contribution in [2.75, 3.05) is 12.1 Å². The smallest absolute Gasteiger partial charge is 0.233 e. The van der Waals surface area contributed by atoms with E-state index in [2.05, 4.69) is 40.7 Å². The number of nitrogens with one attached hydrogen (secondary N) is 2. The van der Waals surface area contributed by atoms with Gasteiger partial charge >= 0.3 is 0 Å². The van der Waals surface area contributed by atoms with Gasteiger partial charge in [0.25, 0.3) is 0 Å². The topological polar surface area (TPSA) is 85.4 Å². The normalized spacial score (nSPS) is 13.2. The lowest BCUT2D eigenvalue weighted by atomic mass is 10.1. The highest BCUT2D eigenvalue weighted by atomic mass is 32.2. The van der Waals surface area contributed by atoms with Crippen LogP contribution in [0, 0.1) is 13.8 Å². The van der Waals surface area contributed by atoms with E-state index in [9.17, 15) is 4.79 Å². The number of aromatic nitrogens is 2. The number of fused-ring (bicyclic) bond motifs is 1. The van der Waals surface area contributed by atoms with Crippen molar-refractivity contribution < 1.29 is 14.3 Å². The molecule has 156 valence electrons. The highest BCUT2D eigenvalue weighted by molar-refractivity contribution is 8.02. The first-order chi connectivity index (χ1) is 14.5. The van der Waals surface area contributed by atoms with E-state index < -0.39 is 0 Å². The van der Waals surface area contributed by atoms with Crippen LogP contribution in [0.1, 0.15) is 23.6 Å². The maximum absolute atomic E-state index is 12.5. The summed E-state index contributed by atoms with van der Waals surface area (Å²) < 4.78 is 11.4. The number of thioether (sulfide) groups is 1. The SMILES string of the molecule is Cc1cccc(Nc2nnc(SC(C)C(=O)NCc3ccc4c(c3)OCO4)s2)c1C. The second kappa shape index (κ2) is 8.93. The van der Waals surface area contributed by atoms with Crippen LogP contribution in [-0.4, -0.2) is 28.1 Å². The van der Waals surface area contributed by atoms with Crippen molar-refractivity contribution in [1.29, 1.82) is 0 Å². The number of carbonyl (C=O) groups is 1. The largest absolute Gasteiger partial charge is 0.454 e.